The number of nitrogens with zero attached hydrogens (tertiary/aromatic N) is 3. The maximum Gasteiger partial charge on any atom is 0.184 e. The van der Waals surface area contributed by atoms with Crippen LogP contribution in [-0.4, -0.2) is 21.3 Å². The van der Waals surface area contributed by atoms with E-state index in [2.05, 4.69) is 44.6 Å². The smallest absolute Gasteiger partial charge is 0.184 e. The molecule has 1 aromatic carbocycles. The molecule has 0 saturated heterocycles. The summed E-state index contributed by atoms with van der Waals surface area (Å²) < 4.78 is 0. The fourth-order valence-corrected chi connectivity index (χ4v) is 1.38. The SMILES string of the molecule is NC(=S)NN=Cc1ccc(C#Cc2cncnc2)cc1. The van der Waals surface area contributed by atoms with E-state index in [4.69, 9.17) is 5.73 Å². The zero-order valence-electron chi connectivity index (χ0n) is 10.4. The van der Waals surface area contributed by atoms with E-state index >= 15 is 0 Å². The standard InChI is InChI=1S/C14H11N5S/c15-14(20)19-18-9-12-4-1-11(2-5-12)3-6-13-7-16-10-17-8-13/h1-2,4-5,7-10H,(H3,15,19,20). The predicted molar refractivity (Wildman–Crippen MR) is 82.0 cm³/mol. The van der Waals surface area contributed by atoms with Gasteiger partial charge in [0.05, 0.1) is 11.8 Å². The number of thiocarbonyl (C=S) groups is 1. The Labute approximate surface area is 122 Å². The van der Waals surface area contributed by atoms with E-state index in [9.17, 15) is 0 Å². The van der Waals surface area contributed by atoms with Gasteiger partial charge in [0.2, 0.25) is 0 Å². The first kappa shape index (κ1) is 13.6. The average molecular weight is 281 g/mol. The second-order valence-electron chi connectivity index (χ2n) is 3.73. The molecular weight excluding hydrogens is 270 g/mol. The lowest BCUT2D eigenvalue weighted by Gasteiger charge is -1.95. The molecule has 1 aromatic heterocycles. The Kier molecular flexibility index (Phi) is 4.76. The van der Waals surface area contributed by atoms with Crippen molar-refractivity contribution >= 4 is 23.5 Å². The van der Waals surface area contributed by atoms with E-state index in [0.29, 0.717) is 0 Å². The van der Waals surface area contributed by atoms with Gasteiger partial charge in [-0.25, -0.2) is 9.97 Å². The molecular formula is C14H11N5S. The summed E-state index contributed by atoms with van der Waals surface area (Å²) >= 11 is 4.64. The van der Waals surface area contributed by atoms with E-state index in [0.717, 1.165) is 16.7 Å². The van der Waals surface area contributed by atoms with Crippen LogP contribution in [0.25, 0.3) is 0 Å². The van der Waals surface area contributed by atoms with Crippen LogP contribution in [0.5, 0.6) is 0 Å². The van der Waals surface area contributed by atoms with Gasteiger partial charge in [-0.1, -0.05) is 24.0 Å². The Morgan fingerprint density at radius 3 is 2.45 bits per heavy atom. The summed E-state index contributed by atoms with van der Waals surface area (Å²) in [4.78, 5) is 7.80. The highest BCUT2D eigenvalue weighted by molar-refractivity contribution is 7.80. The third kappa shape index (κ3) is 4.48. The molecule has 0 aliphatic carbocycles. The molecule has 0 atom stereocenters. The van der Waals surface area contributed by atoms with Crippen LogP contribution in [0.3, 0.4) is 0 Å². The second-order valence-corrected chi connectivity index (χ2v) is 4.17. The number of hydrazone groups is 1. The molecule has 5 nitrogen and oxygen atoms in total. The van der Waals surface area contributed by atoms with Gasteiger partial charge in [-0.3, -0.25) is 5.43 Å². The molecule has 20 heavy (non-hydrogen) atoms. The number of rotatable bonds is 2. The lowest BCUT2D eigenvalue weighted by Crippen LogP contribution is -2.23. The molecule has 0 aliphatic heterocycles. The molecule has 0 amide bonds. The number of hydrogen-bond donors (Lipinski definition) is 2. The average Bonchev–Trinajstić information content (AvgIpc) is 2.47. The molecule has 0 unspecified atom stereocenters. The van der Waals surface area contributed by atoms with E-state index < -0.39 is 0 Å². The Hall–Kier alpha value is -2.78. The van der Waals surface area contributed by atoms with Crippen molar-refractivity contribution < 1.29 is 0 Å². The molecule has 0 bridgehead atoms. The number of benzene rings is 1. The first-order valence-corrected chi connectivity index (χ1v) is 6.10. The summed E-state index contributed by atoms with van der Waals surface area (Å²) in [6.07, 6.45) is 6.44. The quantitative estimate of drug-likeness (QED) is 0.372. The minimum Gasteiger partial charge on any atom is -0.375 e. The molecule has 0 saturated carbocycles. The molecule has 3 N–H and O–H groups in total. The minimum absolute atomic E-state index is 0.133. The summed E-state index contributed by atoms with van der Waals surface area (Å²) in [5, 5.41) is 4.00. The minimum atomic E-state index is 0.133. The fraction of sp³-hybridized carbons (Fsp3) is 0. The Balaban J connectivity index is 2.04. The van der Waals surface area contributed by atoms with Gasteiger partial charge in [-0.2, -0.15) is 5.10 Å². The molecule has 1 heterocycles. The first-order chi connectivity index (χ1) is 9.74. The van der Waals surface area contributed by atoms with Crippen molar-refractivity contribution in [3.8, 4) is 11.8 Å². The number of hydrogen-bond acceptors (Lipinski definition) is 4. The Bertz CT molecular complexity index is 668. The maximum atomic E-state index is 5.25. The van der Waals surface area contributed by atoms with Crippen LogP contribution >= 0.6 is 12.2 Å². The zero-order chi connectivity index (χ0) is 14.2. The van der Waals surface area contributed by atoms with Crippen LogP contribution in [0.2, 0.25) is 0 Å². The second kappa shape index (κ2) is 6.97. The first-order valence-electron chi connectivity index (χ1n) is 5.69. The van der Waals surface area contributed by atoms with Gasteiger partial charge in [0.15, 0.2) is 5.11 Å². The molecule has 98 valence electrons. The maximum absolute atomic E-state index is 5.25. The molecule has 0 radical (unpaired) electrons. The van der Waals surface area contributed by atoms with Crippen LogP contribution in [0.15, 0.2) is 48.1 Å². The van der Waals surface area contributed by atoms with E-state index in [1.165, 1.54) is 6.33 Å². The molecule has 6 heteroatoms. The highest BCUT2D eigenvalue weighted by Gasteiger charge is 1.90. The van der Waals surface area contributed by atoms with Gasteiger partial charge in [-0.05, 0) is 29.9 Å². The molecule has 0 spiro atoms. The van der Waals surface area contributed by atoms with Gasteiger partial charge in [0.25, 0.3) is 0 Å². The lowest BCUT2D eigenvalue weighted by molar-refractivity contribution is 1.04. The number of nitrogens with two attached hydrogens (primary N) is 1. The summed E-state index contributed by atoms with van der Waals surface area (Å²) in [5.74, 6) is 6.02. The summed E-state index contributed by atoms with van der Waals surface area (Å²) in [6.45, 7) is 0. The van der Waals surface area contributed by atoms with Crippen LogP contribution < -0.4 is 11.2 Å². The van der Waals surface area contributed by atoms with Gasteiger partial charge >= 0.3 is 0 Å². The normalized spacial score (nSPS) is 9.80. The van der Waals surface area contributed by atoms with Crippen LogP contribution in [0.1, 0.15) is 16.7 Å². The van der Waals surface area contributed by atoms with Gasteiger partial charge in [0, 0.05) is 18.0 Å². The van der Waals surface area contributed by atoms with Crippen molar-refractivity contribution in [3.63, 3.8) is 0 Å². The largest absolute Gasteiger partial charge is 0.375 e. The molecule has 0 aliphatic rings. The third-order valence-corrected chi connectivity index (χ3v) is 2.30. The molecule has 0 fully saturated rings. The van der Waals surface area contributed by atoms with Gasteiger partial charge < -0.3 is 5.73 Å². The highest BCUT2D eigenvalue weighted by Crippen LogP contribution is 2.01. The highest BCUT2D eigenvalue weighted by atomic mass is 32.1. The van der Waals surface area contributed by atoms with Crippen LogP contribution in [0.4, 0.5) is 0 Å². The monoisotopic (exact) mass is 281 g/mol. The van der Waals surface area contributed by atoms with Crippen molar-refractivity contribution in [2.75, 3.05) is 0 Å². The summed E-state index contributed by atoms with van der Waals surface area (Å²) in [7, 11) is 0. The van der Waals surface area contributed by atoms with Crippen molar-refractivity contribution in [2.45, 2.75) is 0 Å². The van der Waals surface area contributed by atoms with Crippen molar-refractivity contribution in [1.82, 2.24) is 15.4 Å². The predicted octanol–water partition coefficient (Wildman–Crippen LogP) is 1.04. The fourth-order valence-electron chi connectivity index (χ4n) is 1.33. The molecule has 2 rings (SSSR count). The lowest BCUT2D eigenvalue weighted by atomic mass is 10.1. The van der Waals surface area contributed by atoms with Crippen molar-refractivity contribution in [3.05, 3.63) is 59.7 Å². The van der Waals surface area contributed by atoms with E-state index in [-0.39, 0.29) is 5.11 Å². The van der Waals surface area contributed by atoms with Crippen LogP contribution in [-0.2, 0) is 0 Å². The van der Waals surface area contributed by atoms with Crippen molar-refractivity contribution in [2.24, 2.45) is 10.8 Å². The van der Waals surface area contributed by atoms with Crippen molar-refractivity contribution in [1.29, 1.82) is 0 Å². The Morgan fingerprint density at radius 2 is 1.80 bits per heavy atom. The summed E-state index contributed by atoms with van der Waals surface area (Å²) in [6, 6.07) is 7.60. The molecule has 2 aromatic rings. The topological polar surface area (TPSA) is 76.2 Å². The van der Waals surface area contributed by atoms with E-state index in [1.54, 1.807) is 18.6 Å². The van der Waals surface area contributed by atoms with Crippen LogP contribution in [0, 0.1) is 11.8 Å². The van der Waals surface area contributed by atoms with Gasteiger partial charge in [0.1, 0.15) is 6.33 Å². The number of nitrogens with one attached hydrogen (secondary N) is 1. The van der Waals surface area contributed by atoms with Gasteiger partial charge in [-0.15, -0.1) is 0 Å². The third-order valence-electron chi connectivity index (χ3n) is 2.21. The zero-order valence-corrected chi connectivity index (χ0v) is 11.3. The van der Waals surface area contributed by atoms with E-state index in [1.807, 2.05) is 24.3 Å². The number of aromatic nitrogens is 2. The Morgan fingerprint density at radius 1 is 1.15 bits per heavy atom. The summed E-state index contributed by atoms with van der Waals surface area (Å²) in [5.41, 5.74) is 10.3.